The molecule has 0 radical (unpaired) electrons. The van der Waals surface area contributed by atoms with E-state index in [1.807, 2.05) is 12.1 Å². The maximum Gasteiger partial charge on any atom is 0.244 e. The molecule has 0 heterocycles. The van der Waals surface area contributed by atoms with Crippen molar-refractivity contribution in [3.05, 3.63) is 35.4 Å². The van der Waals surface area contributed by atoms with Crippen molar-refractivity contribution in [3.8, 4) is 0 Å². The van der Waals surface area contributed by atoms with Gasteiger partial charge in [-0.3, -0.25) is 0 Å². The summed E-state index contributed by atoms with van der Waals surface area (Å²) in [6.45, 7) is 9.21. The van der Waals surface area contributed by atoms with Crippen molar-refractivity contribution in [2.24, 2.45) is 11.8 Å². The summed E-state index contributed by atoms with van der Waals surface area (Å²) in [4.78, 5) is 0. The average molecular weight is 284 g/mol. The summed E-state index contributed by atoms with van der Waals surface area (Å²) >= 11 is 0. The van der Waals surface area contributed by atoms with E-state index in [9.17, 15) is 13.9 Å². The number of hydrogen-bond acceptors (Lipinski definition) is 1. The molecule has 1 N–H and O–H groups in total. The zero-order valence-corrected chi connectivity index (χ0v) is 13.0. The van der Waals surface area contributed by atoms with Crippen LogP contribution in [0.1, 0.15) is 58.1 Å². The lowest BCUT2D eigenvalue weighted by Gasteiger charge is -2.38. The molecule has 1 nitrogen and oxygen atoms in total. The van der Waals surface area contributed by atoms with E-state index in [4.69, 9.17) is 0 Å². The van der Waals surface area contributed by atoms with E-state index in [0.717, 1.165) is 6.42 Å². The molecule has 0 aliphatic rings. The Morgan fingerprint density at radius 1 is 1.05 bits per heavy atom. The number of hydrogen-bond donors (Lipinski definition) is 1. The van der Waals surface area contributed by atoms with Gasteiger partial charge in [0.25, 0.3) is 0 Å². The van der Waals surface area contributed by atoms with E-state index >= 15 is 0 Å². The molecule has 0 aliphatic heterocycles. The topological polar surface area (TPSA) is 20.2 Å². The highest BCUT2D eigenvalue weighted by Crippen LogP contribution is 2.40. The third-order valence-corrected chi connectivity index (χ3v) is 4.51. The highest BCUT2D eigenvalue weighted by atomic mass is 19.3. The second-order valence-electron chi connectivity index (χ2n) is 6.03. The third kappa shape index (κ3) is 3.20. The molecule has 1 aromatic rings. The first kappa shape index (κ1) is 17.1. The predicted octanol–water partition coefficient (Wildman–Crippen LogP) is 4.94. The summed E-state index contributed by atoms with van der Waals surface area (Å²) in [6.07, 6.45) is -1.52. The van der Waals surface area contributed by atoms with Crippen molar-refractivity contribution in [1.82, 2.24) is 0 Å². The van der Waals surface area contributed by atoms with E-state index < -0.39 is 17.9 Å². The van der Waals surface area contributed by atoms with Gasteiger partial charge in [-0.15, -0.1) is 0 Å². The van der Waals surface area contributed by atoms with Crippen LogP contribution < -0.4 is 0 Å². The van der Waals surface area contributed by atoms with Crippen molar-refractivity contribution < 1.29 is 13.9 Å². The molecule has 0 aromatic heterocycles. The van der Waals surface area contributed by atoms with Crippen LogP contribution in [0.25, 0.3) is 0 Å². The van der Waals surface area contributed by atoms with E-state index in [0.29, 0.717) is 11.5 Å². The fraction of sp³-hybridized carbons (Fsp3) is 0.647. The molecule has 0 amide bonds. The van der Waals surface area contributed by atoms with Gasteiger partial charge in [0, 0.05) is 0 Å². The normalized spacial score (nSPS) is 18.1. The predicted molar refractivity (Wildman–Crippen MR) is 79.1 cm³/mol. The lowest BCUT2D eigenvalue weighted by atomic mass is 9.74. The Hall–Kier alpha value is -0.960. The molecule has 0 saturated carbocycles. The first-order valence-electron chi connectivity index (χ1n) is 7.36. The Morgan fingerprint density at radius 3 is 1.90 bits per heavy atom. The van der Waals surface area contributed by atoms with Crippen molar-refractivity contribution in [3.63, 3.8) is 0 Å². The molecule has 114 valence electrons. The highest BCUT2D eigenvalue weighted by molar-refractivity contribution is 5.30. The monoisotopic (exact) mass is 284 g/mol. The molecular weight excluding hydrogens is 258 g/mol. The molecule has 0 aliphatic carbocycles. The van der Waals surface area contributed by atoms with Crippen molar-refractivity contribution in [2.45, 2.75) is 59.0 Å². The van der Waals surface area contributed by atoms with Crippen LogP contribution in [0.2, 0.25) is 0 Å². The molecule has 0 bridgehead atoms. The largest absolute Gasteiger partial charge is 0.384 e. The van der Waals surface area contributed by atoms with Gasteiger partial charge < -0.3 is 5.11 Å². The van der Waals surface area contributed by atoms with E-state index in [2.05, 4.69) is 13.8 Å². The highest BCUT2D eigenvalue weighted by Gasteiger charge is 2.43. The summed E-state index contributed by atoms with van der Waals surface area (Å²) in [5, 5.41) is 10.8. The van der Waals surface area contributed by atoms with Gasteiger partial charge in [-0.25, -0.2) is 8.78 Å². The summed E-state index contributed by atoms with van der Waals surface area (Å²) in [6, 6.07) is 7.46. The van der Waals surface area contributed by atoms with Gasteiger partial charge in [0.2, 0.25) is 6.43 Å². The maximum absolute atomic E-state index is 13.1. The van der Waals surface area contributed by atoms with Gasteiger partial charge in [0.1, 0.15) is 0 Å². The molecule has 3 atom stereocenters. The molecule has 20 heavy (non-hydrogen) atoms. The molecule has 1 aromatic carbocycles. The summed E-state index contributed by atoms with van der Waals surface area (Å²) in [5.41, 5.74) is 0.252. The number of alkyl halides is 2. The SMILES string of the molecule is CCC(C)c1ccc(C(O)(C(C)C)C(C)C(F)F)cc1. The van der Waals surface area contributed by atoms with E-state index in [-0.39, 0.29) is 5.92 Å². The zero-order chi connectivity index (χ0) is 15.5. The van der Waals surface area contributed by atoms with Crippen LogP contribution in [0, 0.1) is 11.8 Å². The number of halogens is 2. The Bertz CT molecular complexity index is 414. The van der Waals surface area contributed by atoms with Gasteiger partial charge in [-0.1, -0.05) is 58.9 Å². The standard InChI is InChI=1S/C17H26F2O/c1-6-12(4)14-7-9-15(10-8-14)17(20,11(2)3)13(5)16(18)19/h7-13,16,20H,6H2,1-5H3. The van der Waals surface area contributed by atoms with Gasteiger partial charge in [0.15, 0.2) is 0 Å². The quantitative estimate of drug-likeness (QED) is 0.784. The van der Waals surface area contributed by atoms with Gasteiger partial charge in [0.05, 0.1) is 11.5 Å². The third-order valence-electron chi connectivity index (χ3n) is 4.51. The lowest BCUT2D eigenvalue weighted by Crippen LogP contribution is -2.42. The molecular formula is C17H26F2O. The minimum atomic E-state index is -2.54. The van der Waals surface area contributed by atoms with Crippen molar-refractivity contribution in [2.75, 3.05) is 0 Å². The van der Waals surface area contributed by atoms with Crippen molar-refractivity contribution >= 4 is 0 Å². The molecule has 0 saturated heterocycles. The summed E-state index contributed by atoms with van der Waals surface area (Å²) in [5.74, 6) is -0.943. The second kappa shape index (κ2) is 6.66. The van der Waals surface area contributed by atoms with Crippen LogP contribution in [0.4, 0.5) is 8.78 Å². The van der Waals surface area contributed by atoms with E-state index in [1.165, 1.54) is 12.5 Å². The Balaban J connectivity index is 3.17. The molecule has 3 unspecified atom stereocenters. The molecule has 0 fully saturated rings. The fourth-order valence-electron chi connectivity index (χ4n) is 2.63. The van der Waals surface area contributed by atoms with Crippen molar-refractivity contribution in [1.29, 1.82) is 0 Å². The first-order chi connectivity index (χ1) is 9.25. The summed E-state index contributed by atoms with van der Waals surface area (Å²) in [7, 11) is 0. The van der Waals surface area contributed by atoms with Crippen LogP contribution in [-0.2, 0) is 5.60 Å². The van der Waals surface area contributed by atoms with Crippen LogP contribution >= 0.6 is 0 Å². The average Bonchev–Trinajstić information content (AvgIpc) is 2.44. The van der Waals surface area contributed by atoms with Crippen LogP contribution in [-0.4, -0.2) is 11.5 Å². The number of benzene rings is 1. The Kier molecular flexibility index (Phi) is 5.69. The summed E-state index contributed by atoms with van der Waals surface area (Å²) < 4.78 is 26.1. The number of aliphatic hydroxyl groups is 1. The van der Waals surface area contributed by atoms with Crippen LogP contribution in [0.15, 0.2) is 24.3 Å². The van der Waals surface area contributed by atoms with E-state index in [1.54, 1.807) is 26.0 Å². The van der Waals surface area contributed by atoms with Crippen LogP contribution in [0.3, 0.4) is 0 Å². The van der Waals surface area contributed by atoms with Gasteiger partial charge in [-0.05, 0) is 29.4 Å². The fourth-order valence-corrected chi connectivity index (χ4v) is 2.63. The molecule has 3 heteroatoms. The smallest absolute Gasteiger partial charge is 0.244 e. The first-order valence-corrected chi connectivity index (χ1v) is 7.36. The van der Waals surface area contributed by atoms with Gasteiger partial charge >= 0.3 is 0 Å². The minimum Gasteiger partial charge on any atom is -0.384 e. The number of rotatable bonds is 6. The zero-order valence-electron chi connectivity index (χ0n) is 13.0. The molecule has 1 rings (SSSR count). The Labute approximate surface area is 121 Å². The maximum atomic E-state index is 13.1. The lowest BCUT2D eigenvalue weighted by molar-refractivity contribution is -0.112. The minimum absolute atomic E-state index is 0.277. The van der Waals surface area contributed by atoms with Crippen LogP contribution in [0.5, 0.6) is 0 Å². The second-order valence-corrected chi connectivity index (χ2v) is 6.03. The Morgan fingerprint density at radius 2 is 1.55 bits per heavy atom. The van der Waals surface area contributed by atoms with Gasteiger partial charge in [-0.2, -0.15) is 0 Å². The molecule has 0 spiro atoms.